The molecule has 0 saturated heterocycles. The molecule has 2 heterocycles. The fourth-order valence-corrected chi connectivity index (χ4v) is 2.60. The third-order valence-electron chi connectivity index (χ3n) is 2.68. The molecule has 0 radical (unpaired) electrons. The molecule has 2 aromatic heterocycles. The van der Waals surface area contributed by atoms with E-state index >= 15 is 0 Å². The van der Waals surface area contributed by atoms with Crippen molar-refractivity contribution in [1.82, 2.24) is 9.97 Å². The van der Waals surface area contributed by atoms with Gasteiger partial charge in [-0.05, 0) is 29.8 Å². The number of nitrogens with two attached hydrogens (primary N) is 1. The van der Waals surface area contributed by atoms with Crippen molar-refractivity contribution in [2.75, 3.05) is 12.8 Å². The number of benzene rings is 1. The lowest BCUT2D eigenvalue weighted by Crippen LogP contribution is -1.90. The average molecular weight is 257 g/mol. The quantitative estimate of drug-likeness (QED) is 0.766. The van der Waals surface area contributed by atoms with E-state index in [1.165, 1.54) is 11.3 Å². The Balaban J connectivity index is 2.18. The van der Waals surface area contributed by atoms with Crippen LogP contribution in [0.15, 0.2) is 36.5 Å². The second-order valence-corrected chi connectivity index (χ2v) is 4.86. The second kappa shape index (κ2) is 4.27. The highest BCUT2D eigenvalue weighted by Gasteiger charge is 2.08. The Morgan fingerprint density at radius 1 is 1.28 bits per heavy atom. The summed E-state index contributed by atoms with van der Waals surface area (Å²) in [5.74, 6) is 0.611. The molecule has 0 aliphatic carbocycles. The SMILES string of the molecule is COc1ncccc1-c1ccc2sc(N)nc2c1. The van der Waals surface area contributed by atoms with Gasteiger partial charge in [0.25, 0.3) is 0 Å². The normalized spacial score (nSPS) is 10.7. The van der Waals surface area contributed by atoms with Crippen LogP contribution in [0.1, 0.15) is 0 Å². The van der Waals surface area contributed by atoms with E-state index in [1.54, 1.807) is 13.3 Å². The molecule has 90 valence electrons. The Hall–Kier alpha value is -2.14. The zero-order valence-electron chi connectivity index (χ0n) is 9.75. The molecule has 0 saturated carbocycles. The maximum absolute atomic E-state index is 5.71. The van der Waals surface area contributed by atoms with Crippen molar-refractivity contribution < 1.29 is 4.74 Å². The number of anilines is 1. The van der Waals surface area contributed by atoms with Crippen molar-refractivity contribution >= 4 is 26.7 Å². The van der Waals surface area contributed by atoms with Crippen LogP contribution in [0.3, 0.4) is 0 Å². The number of methoxy groups -OCH3 is 1. The number of ether oxygens (including phenoxy) is 1. The summed E-state index contributed by atoms with van der Waals surface area (Å²) in [7, 11) is 1.62. The standard InChI is InChI=1S/C13H11N3OS/c1-17-12-9(3-2-6-15-12)8-4-5-11-10(7-8)16-13(14)18-11/h2-7H,1H3,(H2,14,16). The van der Waals surface area contributed by atoms with E-state index in [0.29, 0.717) is 11.0 Å². The van der Waals surface area contributed by atoms with E-state index in [-0.39, 0.29) is 0 Å². The van der Waals surface area contributed by atoms with Gasteiger partial charge in [-0.15, -0.1) is 0 Å². The second-order valence-electron chi connectivity index (χ2n) is 3.79. The summed E-state index contributed by atoms with van der Waals surface area (Å²) in [6.07, 6.45) is 1.71. The van der Waals surface area contributed by atoms with Gasteiger partial charge in [0, 0.05) is 11.8 Å². The van der Waals surface area contributed by atoms with E-state index in [9.17, 15) is 0 Å². The molecule has 0 amide bonds. The molecule has 0 unspecified atom stereocenters. The monoisotopic (exact) mass is 257 g/mol. The Morgan fingerprint density at radius 3 is 3.00 bits per heavy atom. The first-order valence-electron chi connectivity index (χ1n) is 5.43. The van der Waals surface area contributed by atoms with E-state index in [0.717, 1.165) is 21.3 Å². The molecular weight excluding hydrogens is 246 g/mol. The van der Waals surface area contributed by atoms with Crippen LogP contribution < -0.4 is 10.5 Å². The molecule has 0 fully saturated rings. The van der Waals surface area contributed by atoms with Crippen LogP contribution in [0, 0.1) is 0 Å². The molecule has 0 aliphatic heterocycles. The number of fused-ring (bicyclic) bond motifs is 1. The summed E-state index contributed by atoms with van der Waals surface area (Å²) in [5.41, 5.74) is 8.59. The first-order valence-corrected chi connectivity index (χ1v) is 6.25. The number of nitrogen functional groups attached to an aromatic ring is 1. The zero-order chi connectivity index (χ0) is 12.5. The van der Waals surface area contributed by atoms with Crippen LogP contribution in [0.4, 0.5) is 5.13 Å². The number of hydrogen-bond donors (Lipinski definition) is 1. The topological polar surface area (TPSA) is 61.0 Å². The van der Waals surface area contributed by atoms with Crippen LogP contribution >= 0.6 is 11.3 Å². The Kier molecular flexibility index (Phi) is 2.60. The first-order chi connectivity index (χ1) is 8.78. The van der Waals surface area contributed by atoms with E-state index in [4.69, 9.17) is 10.5 Å². The van der Waals surface area contributed by atoms with Crippen LogP contribution in [-0.2, 0) is 0 Å². The molecule has 0 bridgehead atoms. The Morgan fingerprint density at radius 2 is 2.17 bits per heavy atom. The van der Waals surface area contributed by atoms with Gasteiger partial charge in [-0.2, -0.15) is 0 Å². The molecule has 18 heavy (non-hydrogen) atoms. The van der Waals surface area contributed by atoms with Crippen LogP contribution in [-0.4, -0.2) is 17.1 Å². The van der Waals surface area contributed by atoms with Gasteiger partial charge in [-0.25, -0.2) is 9.97 Å². The van der Waals surface area contributed by atoms with Crippen molar-refractivity contribution in [3.63, 3.8) is 0 Å². The Labute approximate surface area is 108 Å². The average Bonchev–Trinajstić information content (AvgIpc) is 2.77. The largest absolute Gasteiger partial charge is 0.481 e. The predicted octanol–water partition coefficient (Wildman–Crippen LogP) is 2.95. The highest BCUT2D eigenvalue weighted by atomic mass is 32.1. The van der Waals surface area contributed by atoms with Crippen LogP contribution in [0.5, 0.6) is 5.88 Å². The van der Waals surface area contributed by atoms with Crippen molar-refractivity contribution in [1.29, 1.82) is 0 Å². The minimum absolute atomic E-state index is 0.584. The lowest BCUT2D eigenvalue weighted by atomic mass is 10.1. The molecule has 4 nitrogen and oxygen atoms in total. The third-order valence-corrected chi connectivity index (χ3v) is 3.55. The maximum atomic E-state index is 5.71. The molecular formula is C13H11N3OS. The molecule has 1 aromatic carbocycles. The summed E-state index contributed by atoms with van der Waals surface area (Å²) >= 11 is 1.49. The van der Waals surface area contributed by atoms with Crippen molar-refractivity contribution in [2.24, 2.45) is 0 Å². The zero-order valence-corrected chi connectivity index (χ0v) is 10.6. The Bertz CT molecular complexity index is 708. The summed E-state index contributed by atoms with van der Waals surface area (Å²) in [6, 6.07) is 9.91. The highest BCUT2D eigenvalue weighted by molar-refractivity contribution is 7.22. The maximum Gasteiger partial charge on any atom is 0.221 e. The molecule has 3 rings (SSSR count). The van der Waals surface area contributed by atoms with Gasteiger partial charge in [0.1, 0.15) is 0 Å². The van der Waals surface area contributed by atoms with Crippen LogP contribution in [0.2, 0.25) is 0 Å². The highest BCUT2D eigenvalue weighted by Crippen LogP contribution is 2.32. The van der Waals surface area contributed by atoms with E-state index in [1.807, 2.05) is 30.3 Å². The minimum Gasteiger partial charge on any atom is -0.481 e. The lowest BCUT2D eigenvalue weighted by molar-refractivity contribution is 0.399. The van der Waals surface area contributed by atoms with Gasteiger partial charge in [-0.1, -0.05) is 17.4 Å². The van der Waals surface area contributed by atoms with Gasteiger partial charge in [0.15, 0.2) is 5.13 Å². The van der Waals surface area contributed by atoms with Gasteiger partial charge in [-0.3, -0.25) is 0 Å². The van der Waals surface area contributed by atoms with Gasteiger partial charge in [0.2, 0.25) is 5.88 Å². The molecule has 2 N–H and O–H groups in total. The van der Waals surface area contributed by atoms with Gasteiger partial charge < -0.3 is 10.5 Å². The molecule has 5 heteroatoms. The molecule has 3 aromatic rings. The number of pyridine rings is 1. The summed E-state index contributed by atoms with van der Waals surface area (Å²) in [6.45, 7) is 0. The van der Waals surface area contributed by atoms with Crippen molar-refractivity contribution in [3.05, 3.63) is 36.5 Å². The smallest absolute Gasteiger partial charge is 0.221 e. The van der Waals surface area contributed by atoms with Crippen LogP contribution in [0.25, 0.3) is 21.3 Å². The predicted molar refractivity (Wildman–Crippen MR) is 73.8 cm³/mol. The number of rotatable bonds is 2. The van der Waals surface area contributed by atoms with Gasteiger partial charge in [0.05, 0.1) is 17.3 Å². The number of aromatic nitrogens is 2. The summed E-state index contributed by atoms with van der Waals surface area (Å²) < 4.78 is 6.35. The lowest BCUT2D eigenvalue weighted by Gasteiger charge is -2.06. The third kappa shape index (κ3) is 1.78. The minimum atomic E-state index is 0.584. The summed E-state index contributed by atoms with van der Waals surface area (Å²) in [4.78, 5) is 8.48. The van der Waals surface area contributed by atoms with Crippen molar-refractivity contribution in [3.8, 4) is 17.0 Å². The molecule has 0 spiro atoms. The fourth-order valence-electron chi connectivity index (χ4n) is 1.89. The van der Waals surface area contributed by atoms with E-state index < -0.39 is 0 Å². The number of hydrogen-bond acceptors (Lipinski definition) is 5. The fraction of sp³-hybridized carbons (Fsp3) is 0.0769. The number of nitrogens with zero attached hydrogens (tertiary/aromatic N) is 2. The molecule has 0 aliphatic rings. The van der Waals surface area contributed by atoms with E-state index in [2.05, 4.69) is 9.97 Å². The van der Waals surface area contributed by atoms with Crippen molar-refractivity contribution in [2.45, 2.75) is 0 Å². The first kappa shape index (κ1) is 11.0. The number of thiazole rings is 1. The summed E-state index contributed by atoms with van der Waals surface area (Å²) in [5, 5.41) is 0.584. The van der Waals surface area contributed by atoms with Gasteiger partial charge >= 0.3 is 0 Å². The molecule has 0 atom stereocenters.